The van der Waals surface area contributed by atoms with Gasteiger partial charge < -0.3 is 4.42 Å². The van der Waals surface area contributed by atoms with Crippen molar-refractivity contribution in [2.24, 2.45) is 0 Å². The third-order valence-electron chi connectivity index (χ3n) is 5.40. The fourth-order valence-electron chi connectivity index (χ4n) is 3.86. The zero-order chi connectivity index (χ0) is 21.5. The molecule has 152 valence electrons. The van der Waals surface area contributed by atoms with Crippen molar-refractivity contribution < 1.29 is 4.42 Å². The SMILES string of the molecule is Brc1cccc2oc3cc(-c4nc(-c5ccccc5)nc(-c5ccccc5)n4)ccc3c12. The van der Waals surface area contributed by atoms with Gasteiger partial charge in [0, 0.05) is 31.9 Å². The molecule has 4 nitrogen and oxygen atoms in total. The predicted molar refractivity (Wildman–Crippen MR) is 131 cm³/mol. The van der Waals surface area contributed by atoms with Crippen LogP contribution in [0.25, 0.3) is 56.1 Å². The van der Waals surface area contributed by atoms with Crippen molar-refractivity contribution in [3.8, 4) is 34.2 Å². The third kappa shape index (κ3) is 3.27. The number of benzene rings is 4. The van der Waals surface area contributed by atoms with Gasteiger partial charge in [0.15, 0.2) is 17.5 Å². The van der Waals surface area contributed by atoms with E-state index in [0.29, 0.717) is 17.5 Å². The minimum Gasteiger partial charge on any atom is -0.456 e. The minimum absolute atomic E-state index is 0.610. The average Bonchev–Trinajstić information content (AvgIpc) is 3.24. The van der Waals surface area contributed by atoms with E-state index in [1.807, 2.05) is 91.0 Å². The number of hydrogen-bond acceptors (Lipinski definition) is 4. The van der Waals surface area contributed by atoms with Crippen molar-refractivity contribution in [1.82, 2.24) is 15.0 Å². The first-order chi connectivity index (χ1) is 15.8. The van der Waals surface area contributed by atoms with E-state index in [4.69, 9.17) is 19.4 Å². The van der Waals surface area contributed by atoms with Gasteiger partial charge in [-0.05, 0) is 24.3 Å². The highest BCUT2D eigenvalue weighted by molar-refractivity contribution is 9.10. The van der Waals surface area contributed by atoms with E-state index < -0.39 is 0 Å². The summed E-state index contributed by atoms with van der Waals surface area (Å²) >= 11 is 3.64. The Kier molecular flexibility index (Phi) is 4.55. The van der Waals surface area contributed by atoms with E-state index in [1.54, 1.807) is 0 Å². The van der Waals surface area contributed by atoms with Gasteiger partial charge in [0.2, 0.25) is 0 Å². The highest BCUT2D eigenvalue weighted by Crippen LogP contribution is 2.36. The van der Waals surface area contributed by atoms with Crippen LogP contribution in [0.2, 0.25) is 0 Å². The Labute approximate surface area is 192 Å². The summed E-state index contributed by atoms with van der Waals surface area (Å²) in [6, 6.07) is 32.0. The third-order valence-corrected chi connectivity index (χ3v) is 6.06. The summed E-state index contributed by atoms with van der Waals surface area (Å²) < 4.78 is 7.14. The Morgan fingerprint density at radius 1 is 0.531 bits per heavy atom. The Morgan fingerprint density at radius 2 is 1.12 bits per heavy atom. The number of fused-ring (bicyclic) bond motifs is 3. The summed E-state index contributed by atoms with van der Waals surface area (Å²) in [5.74, 6) is 1.89. The highest BCUT2D eigenvalue weighted by Gasteiger charge is 2.15. The number of nitrogens with zero attached hydrogens (tertiary/aromatic N) is 3. The van der Waals surface area contributed by atoms with Gasteiger partial charge in [-0.25, -0.2) is 15.0 Å². The molecule has 4 aromatic carbocycles. The first kappa shape index (κ1) is 18.9. The number of halogens is 1. The van der Waals surface area contributed by atoms with Crippen LogP contribution in [-0.4, -0.2) is 15.0 Å². The zero-order valence-electron chi connectivity index (χ0n) is 16.9. The van der Waals surface area contributed by atoms with Crippen LogP contribution in [-0.2, 0) is 0 Å². The molecule has 0 saturated carbocycles. The van der Waals surface area contributed by atoms with E-state index in [2.05, 4.69) is 22.0 Å². The van der Waals surface area contributed by atoms with E-state index in [1.165, 1.54) is 0 Å². The molecule has 5 heteroatoms. The lowest BCUT2D eigenvalue weighted by molar-refractivity contribution is 0.669. The molecular weight excluding hydrogens is 462 g/mol. The molecule has 0 aliphatic rings. The normalized spacial score (nSPS) is 11.3. The molecule has 0 radical (unpaired) electrons. The molecule has 0 aliphatic heterocycles. The Morgan fingerprint density at radius 3 is 1.75 bits per heavy atom. The summed E-state index contributed by atoms with van der Waals surface area (Å²) in [6.45, 7) is 0. The van der Waals surface area contributed by atoms with Gasteiger partial charge in [0.25, 0.3) is 0 Å². The zero-order valence-corrected chi connectivity index (χ0v) is 18.5. The Balaban J connectivity index is 1.56. The average molecular weight is 478 g/mol. The molecule has 0 N–H and O–H groups in total. The molecule has 32 heavy (non-hydrogen) atoms. The lowest BCUT2D eigenvalue weighted by Gasteiger charge is -2.08. The van der Waals surface area contributed by atoms with Crippen molar-refractivity contribution in [1.29, 1.82) is 0 Å². The van der Waals surface area contributed by atoms with Gasteiger partial charge in [-0.1, -0.05) is 88.7 Å². The fourth-order valence-corrected chi connectivity index (χ4v) is 4.42. The van der Waals surface area contributed by atoms with Crippen molar-refractivity contribution in [2.45, 2.75) is 0 Å². The smallest absolute Gasteiger partial charge is 0.164 e. The van der Waals surface area contributed by atoms with Gasteiger partial charge >= 0.3 is 0 Å². The lowest BCUT2D eigenvalue weighted by atomic mass is 10.1. The quantitative estimate of drug-likeness (QED) is 0.264. The monoisotopic (exact) mass is 477 g/mol. The van der Waals surface area contributed by atoms with Crippen LogP contribution in [0.1, 0.15) is 0 Å². The molecule has 0 spiro atoms. The van der Waals surface area contributed by atoms with Gasteiger partial charge in [-0.3, -0.25) is 0 Å². The van der Waals surface area contributed by atoms with E-state index >= 15 is 0 Å². The molecule has 0 fully saturated rings. The van der Waals surface area contributed by atoms with Crippen molar-refractivity contribution in [3.63, 3.8) is 0 Å². The summed E-state index contributed by atoms with van der Waals surface area (Å²) in [4.78, 5) is 14.4. The summed E-state index contributed by atoms with van der Waals surface area (Å²) in [6.07, 6.45) is 0. The van der Waals surface area contributed by atoms with Crippen LogP contribution in [0.5, 0.6) is 0 Å². The largest absolute Gasteiger partial charge is 0.456 e. The molecule has 0 amide bonds. The highest BCUT2D eigenvalue weighted by atomic mass is 79.9. The Bertz CT molecular complexity index is 1520. The molecule has 0 atom stereocenters. The first-order valence-corrected chi connectivity index (χ1v) is 11.0. The fraction of sp³-hybridized carbons (Fsp3) is 0. The number of furan rings is 1. The van der Waals surface area contributed by atoms with Crippen molar-refractivity contribution >= 4 is 37.9 Å². The second kappa shape index (κ2) is 7.70. The molecule has 0 unspecified atom stereocenters. The van der Waals surface area contributed by atoms with Crippen LogP contribution >= 0.6 is 15.9 Å². The lowest BCUT2D eigenvalue weighted by Crippen LogP contribution is -2.00. The number of rotatable bonds is 3. The molecule has 0 bridgehead atoms. The topological polar surface area (TPSA) is 51.8 Å². The summed E-state index contributed by atoms with van der Waals surface area (Å²) in [5.41, 5.74) is 4.41. The molecular formula is C27H16BrN3O. The number of hydrogen-bond donors (Lipinski definition) is 0. The molecule has 2 heterocycles. The molecule has 2 aromatic heterocycles. The molecule has 0 saturated heterocycles. The van der Waals surface area contributed by atoms with Gasteiger partial charge in [-0.2, -0.15) is 0 Å². The van der Waals surface area contributed by atoms with Gasteiger partial charge in [0.05, 0.1) is 0 Å². The second-order valence-corrected chi connectivity index (χ2v) is 8.32. The summed E-state index contributed by atoms with van der Waals surface area (Å²) in [5, 5.41) is 2.12. The van der Waals surface area contributed by atoms with Gasteiger partial charge in [0.1, 0.15) is 11.2 Å². The summed E-state index contributed by atoms with van der Waals surface area (Å²) in [7, 11) is 0. The second-order valence-electron chi connectivity index (χ2n) is 7.46. The van der Waals surface area contributed by atoms with Crippen LogP contribution in [0.15, 0.2) is 106 Å². The van der Waals surface area contributed by atoms with Crippen LogP contribution in [0.3, 0.4) is 0 Å². The predicted octanol–water partition coefficient (Wildman–Crippen LogP) is 7.53. The molecule has 0 aliphatic carbocycles. The molecule has 6 aromatic rings. The van der Waals surface area contributed by atoms with Crippen LogP contribution in [0.4, 0.5) is 0 Å². The standard InChI is InChI=1S/C27H16BrN3O/c28-21-12-7-13-22-24(21)20-15-14-19(16-23(20)32-22)27-30-25(17-8-3-1-4-9-17)29-26(31-27)18-10-5-2-6-11-18/h1-16H. The van der Waals surface area contributed by atoms with Crippen molar-refractivity contribution in [2.75, 3.05) is 0 Å². The first-order valence-electron chi connectivity index (χ1n) is 10.2. The minimum atomic E-state index is 0.610. The van der Waals surface area contributed by atoms with Crippen LogP contribution < -0.4 is 0 Å². The maximum Gasteiger partial charge on any atom is 0.164 e. The van der Waals surface area contributed by atoms with Crippen LogP contribution in [0, 0.1) is 0 Å². The molecule has 6 rings (SSSR count). The Hall–Kier alpha value is -3.83. The maximum atomic E-state index is 6.12. The van der Waals surface area contributed by atoms with Crippen molar-refractivity contribution in [3.05, 3.63) is 102 Å². The van der Waals surface area contributed by atoms with E-state index in [9.17, 15) is 0 Å². The van der Waals surface area contributed by atoms with Gasteiger partial charge in [-0.15, -0.1) is 0 Å². The van der Waals surface area contributed by atoms with E-state index in [0.717, 1.165) is 43.1 Å². The van der Waals surface area contributed by atoms with E-state index in [-0.39, 0.29) is 0 Å². The number of aromatic nitrogens is 3. The maximum absolute atomic E-state index is 6.12.